The van der Waals surface area contributed by atoms with Gasteiger partial charge in [0.2, 0.25) is 5.91 Å². The lowest BCUT2D eigenvalue weighted by molar-refractivity contribution is -0.145. The maximum absolute atomic E-state index is 11.5. The van der Waals surface area contributed by atoms with Crippen LogP contribution in [0, 0.1) is 0 Å². The molecule has 6 heteroatoms. The topological polar surface area (TPSA) is 59.5 Å². The Morgan fingerprint density at radius 3 is 2.87 bits per heavy atom. The molecule has 0 spiro atoms. The fraction of sp³-hybridized carbons (Fsp3) is 0.444. The van der Waals surface area contributed by atoms with E-state index in [1.165, 1.54) is 23.3 Å². The van der Waals surface area contributed by atoms with Crippen LogP contribution in [0.15, 0.2) is 10.9 Å². The smallest absolute Gasteiger partial charge is 0.325 e. The number of aromatic nitrogens is 1. The summed E-state index contributed by atoms with van der Waals surface area (Å²) >= 11 is 1.44. The molecule has 82 valence electrons. The van der Waals surface area contributed by atoms with Gasteiger partial charge in [-0.2, -0.15) is 0 Å². The lowest BCUT2D eigenvalue weighted by Gasteiger charge is -2.14. The molecule has 5 nitrogen and oxygen atoms in total. The summed E-state index contributed by atoms with van der Waals surface area (Å²) in [7, 11) is 2.85. The third kappa shape index (κ3) is 3.67. The van der Waals surface area contributed by atoms with Gasteiger partial charge in [0, 0.05) is 12.4 Å². The van der Waals surface area contributed by atoms with Crippen LogP contribution >= 0.6 is 11.3 Å². The minimum absolute atomic E-state index is 0.0283. The van der Waals surface area contributed by atoms with E-state index in [9.17, 15) is 9.59 Å². The lowest BCUT2D eigenvalue weighted by Crippen LogP contribution is -2.33. The zero-order chi connectivity index (χ0) is 11.3. The van der Waals surface area contributed by atoms with Gasteiger partial charge in [-0.1, -0.05) is 0 Å². The summed E-state index contributed by atoms with van der Waals surface area (Å²) in [6, 6.07) is 0. The van der Waals surface area contributed by atoms with Crippen molar-refractivity contribution in [1.82, 2.24) is 9.88 Å². The van der Waals surface area contributed by atoms with Gasteiger partial charge in [-0.05, 0) is 0 Å². The van der Waals surface area contributed by atoms with Gasteiger partial charge in [-0.15, -0.1) is 11.3 Å². The van der Waals surface area contributed by atoms with Crippen LogP contribution in [-0.2, 0) is 20.7 Å². The summed E-state index contributed by atoms with van der Waals surface area (Å²) in [4.78, 5) is 27.8. The Bertz CT molecular complexity index is 337. The second-order valence-electron chi connectivity index (χ2n) is 2.98. The molecule has 0 radical (unpaired) electrons. The number of carbonyl (C=O) groups is 2. The zero-order valence-corrected chi connectivity index (χ0v) is 9.41. The van der Waals surface area contributed by atoms with Gasteiger partial charge in [0.25, 0.3) is 0 Å². The number of rotatable bonds is 4. The summed E-state index contributed by atoms with van der Waals surface area (Å²) in [6.07, 6.45) is 0.219. The molecule has 0 aromatic carbocycles. The molecule has 0 N–H and O–H groups in total. The molecule has 0 unspecified atom stereocenters. The number of likely N-dealkylation sites (N-methyl/N-ethyl adjacent to an activating group) is 1. The van der Waals surface area contributed by atoms with Crippen molar-refractivity contribution < 1.29 is 14.3 Å². The first kappa shape index (κ1) is 11.6. The summed E-state index contributed by atoms with van der Waals surface area (Å²) in [5.74, 6) is -0.574. The van der Waals surface area contributed by atoms with Crippen molar-refractivity contribution in [2.75, 3.05) is 20.7 Å². The highest BCUT2D eigenvalue weighted by atomic mass is 32.1. The van der Waals surface area contributed by atoms with Crippen LogP contribution < -0.4 is 0 Å². The number of methoxy groups -OCH3 is 1. The Morgan fingerprint density at radius 1 is 1.60 bits per heavy atom. The number of hydrogen-bond donors (Lipinski definition) is 0. The molecule has 0 saturated heterocycles. The number of hydrogen-bond acceptors (Lipinski definition) is 5. The number of esters is 1. The average molecular weight is 228 g/mol. The Morgan fingerprint density at radius 2 is 2.33 bits per heavy atom. The van der Waals surface area contributed by atoms with E-state index in [1.54, 1.807) is 12.6 Å². The summed E-state index contributed by atoms with van der Waals surface area (Å²) in [5, 5.41) is 1.81. The van der Waals surface area contributed by atoms with Crippen LogP contribution in [0.25, 0.3) is 0 Å². The number of nitrogens with zero attached hydrogens (tertiary/aromatic N) is 2. The van der Waals surface area contributed by atoms with Gasteiger partial charge in [0.05, 0.1) is 24.7 Å². The molecule has 0 fully saturated rings. The van der Waals surface area contributed by atoms with Crippen LogP contribution in [0.2, 0.25) is 0 Å². The third-order valence-electron chi connectivity index (χ3n) is 1.84. The monoisotopic (exact) mass is 228 g/mol. The van der Waals surface area contributed by atoms with Gasteiger partial charge in [0.1, 0.15) is 6.54 Å². The fourth-order valence-corrected chi connectivity index (χ4v) is 1.52. The van der Waals surface area contributed by atoms with Crippen molar-refractivity contribution in [2.24, 2.45) is 0 Å². The van der Waals surface area contributed by atoms with Crippen molar-refractivity contribution in [3.63, 3.8) is 0 Å². The minimum Gasteiger partial charge on any atom is -0.468 e. The van der Waals surface area contributed by atoms with Crippen molar-refractivity contribution >= 4 is 23.2 Å². The Hall–Kier alpha value is -1.43. The van der Waals surface area contributed by atoms with Gasteiger partial charge >= 0.3 is 5.97 Å². The second kappa shape index (κ2) is 5.45. The van der Waals surface area contributed by atoms with E-state index in [0.29, 0.717) is 0 Å². The predicted molar refractivity (Wildman–Crippen MR) is 55.5 cm³/mol. The van der Waals surface area contributed by atoms with Gasteiger partial charge < -0.3 is 9.64 Å². The average Bonchev–Trinajstić information content (AvgIpc) is 2.70. The molecular formula is C9H12N2O3S. The van der Waals surface area contributed by atoms with Crippen LogP contribution in [-0.4, -0.2) is 42.5 Å². The molecule has 0 saturated carbocycles. The molecule has 0 aliphatic rings. The van der Waals surface area contributed by atoms with E-state index in [0.717, 1.165) is 5.69 Å². The van der Waals surface area contributed by atoms with Crippen LogP contribution in [0.4, 0.5) is 0 Å². The normalized spacial score (nSPS) is 9.73. The van der Waals surface area contributed by atoms with Crippen molar-refractivity contribution in [2.45, 2.75) is 6.42 Å². The summed E-state index contributed by atoms with van der Waals surface area (Å²) in [6.45, 7) is -0.0283. The molecule has 0 aliphatic heterocycles. The lowest BCUT2D eigenvalue weighted by atomic mass is 10.3. The van der Waals surface area contributed by atoms with E-state index in [2.05, 4.69) is 9.72 Å². The van der Waals surface area contributed by atoms with Crippen LogP contribution in [0.5, 0.6) is 0 Å². The van der Waals surface area contributed by atoms with E-state index < -0.39 is 5.97 Å². The molecule has 1 amide bonds. The maximum atomic E-state index is 11.5. The molecule has 0 aliphatic carbocycles. The van der Waals surface area contributed by atoms with Crippen molar-refractivity contribution in [3.8, 4) is 0 Å². The number of ether oxygens (including phenoxy) is 1. The molecule has 0 atom stereocenters. The minimum atomic E-state index is -0.427. The summed E-state index contributed by atoms with van der Waals surface area (Å²) < 4.78 is 4.46. The van der Waals surface area contributed by atoms with E-state index in [1.807, 2.05) is 5.38 Å². The first-order valence-corrected chi connectivity index (χ1v) is 5.25. The summed E-state index contributed by atoms with van der Waals surface area (Å²) in [5.41, 5.74) is 2.39. The first-order valence-electron chi connectivity index (χ1n) is 4.31. The predicted octanol–water partition coefficient (Wildman–Crippen LogP) is 0.317. The molecule has 1 aromatic rings. The number of amides is 1. The molecule has 15 heavy (non-hydrogen) atoms. The van der Waals surface area contributed by atoms with Gasteiger partial charge in [0.15, 0.2) is 0 Å². The van der Waals surface area contributed by atoms with E-state index in [4.69, 9.17) is 0 Å². The maximum Gasteiger partial charge on any atom is 0.325 e. The Labute approximate surface area is 91.7 Å². The molecule has 1 heterocycles. The Balaban J connectivity index is 2.43. The van der Waals surface area contributed by atoms with Gasteiger partial charge in [-0.3, -0.25) is 9.59 Å². The quantitative estimate of drug-likeness (QED) is 0.696. The highest BCUT2D eigenvalue weighted by Gasteiger charge is 2.14. The van der Waals surface area contributed by atoms with Gasteiger partial charge in [-0.25, -0.2) is 4.98 Å². The first-order chi connectivity index (χ1) is 7.13. The SMILES string of the molecule is COC(=O)CN(C)C(=O)Cc1cscn1. The van der Waals surface area contributed by atoms with Crippen molar-refractivity contribution in [3.05, 3.63) is 16.6 Å². The molecule has 1 rings (SSSR count). The van der Waals surface area contributed by atoms with Crippen LogP contribution in [0.3, 0.4) is 0 Å². The second-order valence-corrected chi connectivity index (χ2v) is 3.70. The highest BCUT2D eigenvalue weighted by molar-refractivity contribution is 7.07. The Kier molecular flexibility index (Phi) is 4.23. The zero-order valence-electron chi connectivity index (χ0n) is 8.60. The highest BCUT2D eigenvalue weighted by Crippen LogP contribution is 2.03. The standard InChI is InChI=1S/C9H12N2O3S/c1-11(4-9(13)14-2)8(12)3-7-5-15-6-10-7/h5-6H,3-4H2,1-2H3. The molecular weight excluding hydrogens is 216 g/mol. The number of carbonyl (C=O) groups excluding carboxylic acids is 2. The van der Waals surface area contributed by atoms with Crippen LogP contribution in [0.1, 0.15) is 5.69 Å². The largest absolute Gasteiger partial charge is 0.468 e. The molecule has 0 bridgehead atoms. The van der Waals surface area contributed by atoms with E-state index >= 15 is 0 Å². The number of thiazole rings is 1. The molecule has 1 aromatic heterocycles. The third-order valence-corrected chi connectivity index (χ3v) is 2.47. The van der Waals surface area contributed by atoms with Crippen molar-refractivity contribution in [1.29, 1.82) is 0 Å². The fourth-order valence-electron chi connectivity index (χ4n) is 0.961. The van der Waals surface area contributed by atoms with E-state index in [-0.39, 0.29) is 18.9 Å².